The van der Waals surface area contributed by atoms with E-state index in [1.165, 1.54) is 13.0 Å². The SMILES string of the molecule is CCCCOC(=O)/C=C/c1cc(C)ccc1NC(C)=O. The van der Waals surface area contributed by atoms with Gasteiger partial charge in [0.05, 0.1) is 6.61 Å². The van der Waals surface area contributed by atoms with Crippen LogP contribution in [0.3, 0.4) is 0 Å². The molecule has 0 fully saturated rings. The van der Waals surface area contributed by atoms with Gasteiger partial charge in [-0.1, -0.05) is 25.0 Å². The second-order valence-corrected chi connectivity index (χ2v) is 4.63. The molecule has 1 aromatic carbocycles. The van der Waals surface area contributed by atoms with Gasteiger partial charge in [0.2, 0.25) is 5.91 Å². The van der Waals surface area contributed by atoms with Crippen LogP contribution in [0.5, 0.6) is 0 Å². The van der Waals surface area contributed by atoms with Gasteiger partial charge in [-0.3, -0.25) is 4.79 Å². The third kappa shape index (κ3) is 5.69. The molecule has 0 aliphatic heterocycles. The third-order valence-electron chi connectivity index (χ3n) is 2.66. The summed E-state index contributed by atoms with van der Waals surface area (Å²) in [7, 11) is 0. The Labute approximate surface area is 119 Å². The highest BCUT2D eigenvalue weighted by Crippen LogP contribution is 2.19. The fraction of sp³-hybridized carbons (Fsp3) is 0.375. The maximum Gasteiger partial charge on any atom is 0.330 e. The molecule has 0 radical (unpaired) electrons. The lowest BCUT2D eigenvalue weighted by molar-refractivity contribution is -0.137. The van der Waals surface area contributed by atoms with E-state index < -0.39 is 0 Å². The van der Waals surface area contributed by atoms with Crippen LogP contribution in [0.15, 0.2) is 24.3 Å². The molecule has 1 amide bonds. The maximum absolute atomic E-state index is 11.5. The molecule has 0 spiro atoms. The maximum atomic E-state index is 11.5. The number of hydrogen-bond acceptors (Lipinski definition) is 3. The number of nitrogens with one attached hydrogen (secondary N) is 1. The first-order valence-corrected chi connectivity index (χ1v) is 6.76. The Balaban J connectivity index is 2.76. The lowest BCUT2D eigenvalue weighted by Crippen LogP contribution is -2.07. The zero-order chi connectivity index (χ0) is 15.0. The Kier molecular flexibility index (Phi) is 6.50. The summed E-state index contributed by atoms with van der Waals surface area (Å²) >= 11 is 0. The lowest BCUT2D eigenvalue weighted by atomic mass is 10.1. The van der Waals surface area contributed by atoms with Gasteiger partial charge >= 0.3 is 5.97 Å². The van der Waals surface area contributed by atoms with E-state index in [0.29, 0.717) is 12.3 Å². The summed E-state index contributed by atoms with van der Waals surface area (Å²) in [4.78, 5) is 22.6. The number of amides is 1. The minimum absolute atomic E-state index is 0.144. The lowest BCUT2D eigenvalue weighted by Gasteiger charge is -2.07. The van der Waals surface area contributed by atoms with Gasteiger partial charge in [-0.15, -0.1) is 0 Å². The number of unbranched alkanes of at least 4 members (excludes halogenated alkanes) is 1. The summed E-state index contributed by atoms with van der Waals surface area (Å²) in [6.07, 6.45) is 4.89. The molecular formula is C16H21NO3. The zero-order valence-electron chi connectivity index (χ0n) is 12.2. The molecule has 1 aromatic rings. The highest BCUT2D eigenvalue weighted by atomic mass is 16.5. The number of rotatable bonds is 6. The van der Waals surface area contributed by atoms with E-state index in [4.69, 9.17) is 4.74 Å². The molecule has 1 rings (SSSR count). The normalized spacial score (nSPS) is 10.6. The number of carbonyl (C=O) groups excluding carboxylic acids is 2. The molecule has 0 aromatic heterocycles. The van der Waals surface area contributed by atoms with E-state index in [2.05, 4.69) is 5.32 Å². The van der Waals surface area contributed by atoms with E-state index >= 15 is 0 Å². The first kappa shape index (κ1) is 16.0. The summed E-state index contributed by atoms with van der Waals surface area (Å²) in [5.41, 5.74) is 2.52. The van der Waals surface area contributed by atoms with Crippen LogP contribution in [0.4, 0.5) is 5.69 Å². The van der Waals surface area contributed by atoms with Crippen LogP contribution in [0.2, 0.25) is 0 Å². The average Bonchev–Trinajstić information content (AvgIpc) is 2.39. The van der Waals surface area contributed by atoms with Crippen LogP contribution in [0.25, 0.3) is 6.08 Å². The summed E-state index contributed by atoms with van der Waals surface area (Å²) in [6, 6.07) is 5.63. The third-order valence-corrected chi connectivity index (χ3v) is 2.66. The number of carbonyl (C=O) groups is 2. The Hall–Kier alpha value is -2.10. The fourth-order valence-corrected chi connectivity index (χ4v) is 1.65. The van der Waals surface area contributed by atoms with Gasteiger partial charge in [0, 0.05) is 18.7 Å². The highest BCUT2D eigenvalue weighted by molar-refractivity contribution is 5.93. The number of ether oxygens (including phenoxy) is 1. The van der Waals surface area contributed by atoms with Crippen molar-refractivity contribution in [1.82, 2.24) is 0 Å². The summed E-state index contributed by atoms with van der Waals surface area (Å²) < 4.78 is 5.04. The largest absolute Gasteiger partial charge is 0.463 e. The number of benzene rings is 1. The molecule has 4 heteroatoms. The molecule has 4 nitrogen and oxygen atoms in total. The molecule has 20 heavy (non-hydrogen) atoms. The summed E-state index contributed by atoms with van der Waals surface area (Å²) in [5.74, 6) is -0.511. The van der Waals surface area contributed by atoms with E-state index in [1.807, 2.05) is 32.0 Å². The van der Waals surface area contributed by atoms with E-state index in [0.717, 1.165) is 24.0 Å². The van der Waals surface area contributed by atoms with Crippen molar-refractivity contribution in [2.24, 2.45) is 0 Å². The molecule has 0 saturated heterocycles. The first-order chi connectivity index (χ1) is 9.52. The number of anilines is 1. The summed E-state index contributed by atoms with van der Waals surface area (Å²) in [5, 5.41) is 2.73. The molecule has 108 valence electrons. The molecule has 1 N–H and O–H groups in total. The Morgan fingerprint density at radius 3 is 2.75 bits per heavy atom. The standard InChI is InChI=1S/C16H21NO3/c1-4-5-10-20-16(19)9-7-14-11-12(2)6-8-15(14)17-13(3)18/h6-9,11H,4-5,10H2,1-3H3,(H,17,18)/b9-7+. The van der Waals surface area contributed by atoms with Crippen LogP contribution in [-0.2, 0) is 14.3 Å². The van der Waals surface area contributed by atoms with Crippen LogP contribution < -0.4 is 5.32 Å². The second kappa shape index (κ2) is 8.15. The molecule has 0 bridgehead atoms. The van der Waals surface area contributed by atoms with Crippen molar-refractivity contribution in [2.75, 3.05) is 11.9 Å². The highest BCUT2D eigenvalue weighted by Gasteiger charge is 2.03. The van der Waals surface area contributed by atoms with E-state index in [1.54, 1.807) is 6.08 Å². The second-order valence-electron chi connectivity index (χ2n) is 4.63. The van der Waals surface area contributed by atoms with Gasteiger partial charge in [-0.2, -0.15) is 0 Å². The van der Waals surface area contributed by atoms with Crippen molar-refractivity contribution in [3.8, 4) is 0 Å². The van der Waals surface area contributed by atoms with Gasteiger partial charge in [0.15, 0.2) is 0 Å². The van der Waals surface area contributed by atoms with Crippen molar-refractivity contribution in [3.63, 3.8) is 0 Å². The van der Waals surface area contributed by atoms with Gasteiger partial charge in [0.25, 0.3) is 0 Å². The number of aryl methyl sites for hydroxylation is 1. The zero-order valence-corrected chi connectivity index (χ0v) is 12.2. The fourth-order valence-electron chi connectivity index (χ4n) is 1.65. The van der Waals surface area contributed by atoms with Gasteiger partial charge in [-0.25, -0.2) is 4.79 Å². The Bertz CT molecular complexity index is 506. The predicted octanol–water partition coefficient (Wildman–Crippen LogP) is 3.31. The first-order valence-electron chi connectivity index (χ1n) is 6.76. The van der Waals surface area contributed by atoms with Crippen LogP contribution in [0, 0.1) is 6.92 Å². The van der Waals surface area contributed by atoms with Crippen molar-refractivity contribution >= 4 is 23.6 Å². The topological polar surface area (TPSA) is 55.4 Å². The smallest absolute Gasteiger partial charge is 0.330 e. The number of hydrogen-bond donors (Lipinski definition) is 1. The Morgan fingerprint density at radius 1 is 1.35 bits per heavy atom. The van der Waals surface area contributed by atoms with Gasteiger partial charge in [0.1, 0.15) is 0 Å². The minimum atomic E-state index is -0.367. The van der Waals surface area contributed by atoms with Crippen LogP contribution in [0.1, 0.15) is 37.8 Å². The minimum Gasteiger partial charge on any atom is -0.463 e. The Morgan fingerprint density at radius 2 is 2.10 bits per heavy atom. The molecule has 0 saturated carbocycles. The molecule has 0 atom stereocenters. The van der Waals surface area contributed by atoms with Crippen molar-refractivity contribution in [3.05, 3.63) is 35.4 Å². The van der Waals surface area contributed by atoms with E-state index in [-0.39, 0.29) is 11.9 Å². The number of esters is 1. The van der Waals surface area contributed by atoms with Crippen LogP contribution in [-0.4, -0.2) is 18.5 Å². The van der Waals surface area contributed by atoms with Crippen molar-refractivity contribution in [2.45, 2.75) is 33.6 Å². The molecular weight excluding hydrogens is 254 g/mol. The quantitative estimate of drug-likeness (QED) is 0.492. The molecule has 0 aliphatic carbocycles. The van der Waals surface area contributed by atoms with E-state index in [9.17, 15) is 9.59 Å². The molecule has 0 aliphatic rings. The van der Waals surface area contributed by atoms with Crippen molar-refractivity contribution < 1.29 is 14.3 Å². The van der Waals surface area contributed by atoms with Crippen molar-refractivity contribution in [1.29, 1.82) is 0 Å². The van der Waals surface area contributed by atoms with Crippen LogP contribution >= 0.6 is 0 Å². The molecule has 0 heterocycles. The average molecular weight is 275 g/mol. The predicted molar refractivity (Wildman–Crippen MR) is 80.4 cm³/mol. The van der Waals surface area contributed by atoms with Gasteiger partial charge in [-0.05, 0) is 37.1 Å². The monoisotopic (exact) mass is 275 g/mol. The summed E-state index contributed by atoms with van der Waals surface area (Å²) in [6.45, 7) is 5.88. The molecule has 0 unspecified atom stereocenters. The van der Waals surface area contributed by atoms with Gasteiger partial charge < -0.3 is 10.1 Å².